The number of sulfone groups is 1. The highest BCUT2D eigenvalue weighted by atomic mass is 32.2. The highest BCUT2D eigenvalue weighted by molar-refractivity contribution is 7.92. The molecule has 4 rings (SSSR count). The predicted octanol–water partition coefficient (Wildman–Crippen LogP) is 3.67. The molecule has 0 fully saturated rings. The third-order valence-electron chi connectivity index (χ3n) is 4.64. The minimum absolute atomic E-state index is 0.149. The van der Waals surface area contributed by atoms with Crippen molar-refractivity contribution >= 4 is 38.2 Å². The molecule has 2 aromatic heterocycles. The number of hydrogen-bond donors (Lipinski definition) is 3. The van der Waals surface area contributed by atoms with Crippen LogP contribution in [0.1, 0.15) is 13.8 Å². The Kier molecular flexibility index (Phi) is 4.86. The van der Waals surface area contributed by atoms with Crippen molar-refractivity contribution in [3.8, 4) is 11.3 Å². The molecule has 10 heteroatoms. The average molecular weight is 426 g/mol. The van der Waals surface area contributed by atoms with Gasteiger partial charge in [-0.3, -0.25) is 5.10 Å². The minimum Gasteiger partial charge on any atom is -0.383 e. The summed E-state index contributed by atoms with van der Waals surface area (Å²) in [6.07, 6.45) is 1.49. The zero-order valence-electron chi connectivity index (χ0n) is 16.2. The third kappa shape index (κ3) is 3.57. The van der Waals surface area contributed by atoms with Gasteiger partial charge in [-0.15, -0.1) is 0 Å². The van der Waals surface area contributed by atoms with E-state index in [4.69, 9.17) is 5.73 Å². The summed E-state index contributed by atoms with van der Waals surface area (Å²) in [7, 11) is -3.41. The predicted molar refractivity (Wildman–Crippen MR) is 114 cm³/mol. The summed E-state index contributed by atoms with van der Waals surface area (Å²) in [6, 6.07) is 10.7. The van der Waals surface area contributed by atoms with Crippen molar-refractivity contribution in [2.24, 2.45) is 0 Å². The largest absolute Gasteiger partial charge is 0.383 e. The second kappa shape index (κ2) is 7.38. The average Bonchev–Trinajstić information content (AvgIpc) is 3.11. The first-order chi connectivity index (χ1) is 14.3. The lowest BCUT2D eigenvalue weighted by Gasteiger charge is -2.11. The number of halogens is 1. The van der Waals surface area contributed by atoms with Gasteiger partial charge in [0.2, 0.25) is 5.95 Å². The van der Waals surface area contributed by atoms with Crippen LogP contribution in [-0.4, -0.2) is 33.8 Å². The molecule has 2 heterocycles. The molecule has 0 saturated carbocycles. The fourth-order valence-electron chi connectivity index (χ4n) is 2.98. The first-order valence-corrected chi connectivity index (χ1v) is 10.7. The summed E-state index contributed by atoms with van der Waals surface area (Å²) in [5.41, 5.74) is 8.17. The Balaban J connectivity index is 1.65. The standard InChI is InChI=1S/C20H19FN6O2S/c1-11(2)30(28,29)14-5-3-4-13(9-14)24-20-23-10-16(19(22)25-20)18-15-8-12(21)6-7-17(15)26-27-18/h3-11H,1-2H3,(H,26,27)(H3,22,23,24,25). The Morgan fingerprint density at radius 1 is 1.17 bits per heavy atom. The summed E-state index contributed by atoms with van der Waals surface area (Å²) < 4.78 is 38.4. The van der Waals surface area contributed by atoms with E-state index in [0.717, 1.165) is 0 Å². The molecule has 0 aliphatic rings. The first kappa shape index (κ1) is 19.8. The van der Waals surface area contributed by atoms with Gasteiger partial charge in [0.15, 0.2) is 9.84 Å². The van der Waals surface area contributed by atoms with E-state index >= 15 is 0 Å². The van der Waals surface area contributed by atoms with Gasteiger partial charge in [0.05, 0.1) is 21.2 Å². The molecular weight excluding hydrogens is 407 g/mol. The van der Waals surface area contributed by atoms with Crippen LogP contribution in [-0.2, 0) is 9.84 Å². The number of anilines is 3. The highest BCUT2D eigenvalue weighted by Gasteiger charge is 2.19. The van der Waals surface area contributed by atoms with Crippen molar-refractivity contribution in [3.05, 3.63) is 54.5 Å². The molecule has 2 aromatic carbocycles. The highest BCUT2D eigenvalue weighted by Crippen LogP contribution is 2.30. The van der Waals surface area contributed by atoms with Gasteiger partial charge in [-0.05, 0) is 50.2 Å². The van der Waals surface area contributed by atoms with Gasteiger partial charge in [-0.1, -0.05) is 6.07 Å². The van der Waals surface area contributed by atoms with Crippen LogP contribution in [0.3, 0.4) is 0 Å². The van der Waals surface area contributed by atoms with Crippen LogP contribution >= 0.6 is 0 Å². The second-order valence-corrected chi connectivity index (χ2v) is 9.51. The zero-order chi connectivity index (χ0) is 21.5. The maximum Gasteiger partial charge on any atom is 0.229 e. The lowest BCUT2D eigenvalue weighted by Crippen LogP contribution is -2.14. The van der Waals surface area contributed by atoms with E-state index in [1.54, 1.807) is 38.1 Å². The van der Waals surface area contributed by atoms with Gasteiger partial charge in [0.1, 0.15) is 17.3 Å². The Bertz CT molecular complexity index is 1350. The van der Waals surface area contributed by atoms with Crippen LogP contribution in [0.4, 0.5) is 21.8 Å². The van der Waals surface area contributed by atoms with E-state index in [2.05, 4.69) is 25.5 Å². The van der Waals surface area contributed by atoms with Crippen molar-refractivity contribution in [1.29, 1.82) is 0 Å². The number of aromatic amines is 1. The molecule has 0 spiro atoms. The van der Waals surface area contributed by atoms with Crippen LogP contribution in [0.25, 0.3) is 22.2 Å². The van der Waals surface area contributed by atoms with Gasteiger partial charge in [0, 0.05) is 17.3 Å². The van der Waals surface area contributed by atoms with Crippen LogP contribution in [0.5, 0.6) is 0 Å². The number of benzene rings is 2. The number of nitrogen functional groups attached to an aromatic ring is 1. The van der Waals surface area contributed by atoms with Crippen molar-refractivity contribution in [3.63, 3.8) is 0 Å². The molecule has 8 nitrogen and oxygen atoms in total. The van der Waals surface area contributed by atoms with Crippen molar-refractivity contribution in [1.82, 2.24) is 20.2 Å². The smallest absolute Gasteiger partial charge is 0.229 e. The number of nitrogens with two attached hydrogens (primary N) is 1. The van der Waals surface area contributed by atoms with Crippen LogP contribution < -0.4 is 11.1 Å². The quantitative estimate of drug-likeness (QED) is 0.444. The van der Waals surface area contributed by atoms with Gasteiger partial charge in [-0.25, -0.2) is 17.8 Å². The van der Waals surface area contributed by atoms with Crippen molar-refractivity contribution < 1.29 is 12.8 Å². The van der Waals surface area contributed by atoms with Gasteiger partial charge >= 0.3 is 0 Å². The number of H-pyrrole nitrogens is 1. The van der Waals surface area contributed by atoms with E-state index in [1.807, 2.05) is 0 Å². The number of rotatable bonds is 5. The molecule has 0 radical (unpaired) electrons. The topological polar surface area (TPSA) is 127 Å². The molecule has 0 atom stereocenters. The SMILES string of the molecule is CC(C)S(=O)(=O)c1cccc(Nc2ncc(-c3n[nH]c4ccc(F)cc34)c(N)n2)c1. The molecule has 0 bridgehead atoms. The van der Waals surface area contributed by atoms with Gasteiger partial charge < -0.3 is 11.1 Å². The van der Waals surface area contributed by atoms with Crippen LogP contribution in [0.2, 0.25) is 0 Å². The number of aromatic nitrogens is 4. The molecule has 0 unspecified atom stereocenters. The summed E-state index contributed by atoms with van der Waals surface area (Å²) in [4.78, 5) is 8.69. The molecule has 0 aliphatic carbocycles. The first-order valence-electron chi connectivity index (χ1n) is 9.13. The molecule has 30 heavy (non-hydrogen) atoms. The summed E-state index contributed by atoms with van der Waals surface area (Å²) in [6.45, 7) is 3.26. The maximum atomic E-state index is 13.6. The van der Waals surface area contributed by atoms with Gasteiger partial charge in [-0.2, -0.15) is 10.1 Å². The molecule has 0 aliphatic heterocycles. The maximum absolute atomic E-state index is 13.6. The molecular formula is C20H19FN6O2S. The fourth-order valence-corrected chi connectivity index (χ4v) is 4.09. The number of fused-ring (bicyclic) bond motifs is 1. The number of nitrogens with zero attached hydrogens (tertiary/aromatic N) is 3. The summed E-state index contributed by atoms with van der Waals surface area (Å²) in [5.74, 6) is -0.0448. The summed E-state index contributed by atoms with van der Waals surface area (Å²) >= 11 is 0. The molecule has 4 N–H and O–H groups in total. The summed E-state index contributed by atoms with van der Waals surface area (Å²) in [5, 5.41) is 10.0. The third-order valence-corrected chi connectivity index (χ3v) is 6.79. The van der Waals surface area contributed by atoms with Crippen LogP contribution in [0, 0.1) is 5.82 Å². The van der Waals surface area contributed by atoms with E-state index in [9.17, 15) is 12.8 Å². The Labute approximate surface area is 172 Å². The molecule has 0 amide bonds. The van der Waals surface area contributed by atoms with E-state index in [-0.39, 0.29) is 22.5 Å². The van der Waals surface area contributed by atoms with Crippen molar-refractivity contribution in [2.75, 3.05) is 11.1 Å². The second-order valence-electron chi connectivity index (χ2n) is 7.00. The molecule has 154 valence electrons. The van der Waals surface area contributed by atoms with Crippen molar-refractivity contribution in [2.45, 2.75) is 24.0 Å². The van der Waals surface area contributed by atoms with E-state index < -0.39 is 15.1 Å². The molecule has 0 saturated heterocycles. The lowest BCUT2D eigenvalue weighted by molar-refractivity contribution is 0.587. The monoisotopic (exact) mass is 426 g/mol. The Hall–Kier alpha value is -3.53. The normalized spacial score (nSPS) is 11.9. The zero-order valence-corrected chi connectivity index (χ0v) is 17.0. The minimum atomic E-state index is -3.41. The van der Waals surface area contributed by atoms with E-state index in [0.29, 0.717) is 27.8 Å². The lowest BCUT2D eigenvalue weighted by atomic mass is 10.1. The number of nitrogens with one attached hydrogen (secondary N) is 2. The Morgan fingerprint density at radius 2 is 1.97 bits per heavy atom. The Morgan fingerprint density at radius 3 is 2.70 bits per heavy atom. The molecule has 4 aromatic rings. The number of hydrogen-bond acceptors (Lipinski definition) is 7. The van der Waals surface area contributed by atoms with Crippen LogP contribution in [0.15, 0.2) is 53.6 Å². The van der Waals surface area contributed by atoms with E-state index in [1.165, 1.54) is 24.4 Å². The van der Waals surface area contributed by atoms with Gasteiger partial charge in [0.25, 0.3) is 0 Å². The fraction of sp³-hybridized carbons (Fsp3) is 0.150.